The van der Waals surface area contributed by atoms with E-state index < -0.39 is 166 Å². The van der Waals surface area contributed by atoms with Crippen LogP contribution in [0.25, 0.3) is 0 Å². The Balaban J connectivity index is 1.18. The van der Waals surface area contributed by atoms with Crippen molar-refractivity contribution in [3.8, 4) is 0 Å². The lowest BCUT2D eigenvalue weighted by Gasteiger charge is -2.42. The van der Waals surface area contributed by atoms with Crippen LogP contribution in [-0.4, -0.2) is 171 Å². The zero-order valence-corrected chi connectivity index (χ0v) is 34.2. The van der Waals surface area contributed by atoms with Crippen LogP contribution in [0.1, 0.15) is 62.3 Å². The smallest absolute Gasteiger partial charge is 0.303 e. The van der Waals surface area contributed by atoms with Crippen molar-refractivity contribution in [1.82, 2.24) is 0 Å². The van der Waals surface area contributed by atoms with Crippen molar-refractivity contribution in [1.29, 1.82) is 0 Å². The van der Waals surface area contributed by atoms with Gasteiger partial charge in [0.05, 0.1) is 6.61 Å². The zero-order chi connectivity index (χ0) is 43.8. The molecule has 6 saturated heterocycles. The lowest BCUT2D eigenvalue weighted by molar-refractivity contribution is -0.396. The summed E-state index contributed by atoms with van der Waals surface area (Å²) in [6.45, 7) is 9.89. The second kappa shape index (κ2) is 18.4. The molecule has 24 nitrogen and oxygen atoms in total. The largest absolute Gasteiger partial charge is 0.463 e. The zero-order valence-electron chi connectivity index (χ0n) is 34.2. The number of carbonyl (C=O) groups excluding carboxylic acids is 6. The Kier molecular flexibility index (Phi) is 14.0. The van der Waals surface area contributed by atoms with E-state index in [1.54, 1.807) is 6.92 Å². The summed E-state index contributed by atoms with van der Waals surface area (Å²) < 4.78 is 98.5. The number of ether oxygens (including phenoxy) is 17. The molecule has 0 aliphatic carbocycles. The minimum atomic E-state index is -2.07. The highest BCUT2D eigenvalue weighted by molar-refractivity contribution is 5.68. The van der Waals surface area contributed by atoms with Gasteiger partial charge in [-0.2, -0.15) is 0 Å². The molecule has 6 rings (SSSR count). The monoisotopic (exact) mass is 866 g/mol. The topological polar surface area (TPSA) is 280 Å². The molecule has 6 aliphatic rings. The van der Waals surface area contributed by atoms with Gasteiger partial charge in [-0.1, -0.05) is 0 Å². The van der Waals surface area contributed by atoms with Gasteiger partial charge in [0.1, 0.15) is 49.8 Å². The van der Waals surface area contributed by atoms with Crippen LogP contribution in [-0.2, 0) is 109 Å². The van der Waals surface area contributed by atoms with Crippen LogP contribution in [0.5, 0.6) is 0 Å². The fraction of sp³-hybridized carbons (Fsp3) is 0.833. The average molecular weight is 867 g/mol. The van der Waals surface area contributed by atoms with Crippen LogP contribution in [0.4, 0.5) is 0 Å². The van der Waals surface area contributed by atoms with E-state index in [4.69, 9.17) is 80.5 Å². The van der Waals surface area contributed by atoms with Gasteiger partial charge in [-0.15, -0.1) is 0 Å². The molecule has 60 heavy (non-hydrogen) atoms. The van der Waals surface area contributed by atoms with E-state index in [9.17, 15) is 33.9 Å². The molecule has 6 fully saturated rings. The van der Waals surface area contributed by atoms with Crippen LogP contribution in [0.2, 0.25) is 0 Å². The third kappa shape index (κ3) is 10.5. The van der Waals surface area contributed by atoms with Gasteiger partial charge < -0.3 is 76.2 Å². The molecule has 18 atom stereocenters. The van der Waals surface area contributed by atoms with E-state index in [2.05, 4.69) is 0 Å². The van der Waals surface area contributed by atoms with E-state index >= 15 is 0 Å². The molecule has 0 spiro atoms. The number of hydrogen-bond acceptors (Lipinski definition) is 24. The first-order chi connectivity index (χ1) is 28.1. The highest BCUT2D eigenvalue weighted by Gasteiger charge is 2.63. The van der Waals surface area contributed by atoms with Crippen LogP contribution >= 0.6 is 0 Å². The first kappa shape index (κ1) is 45.9. The van der Waals surface area contributed by atoms with Crippen molar-refractivity contribution in [3.63, 3.8) is 0 Å². The van der Waals surface area contributed by atoms with E-state index in [1.165, 1.54) is 27.7 Å². The third-order valence-corrected chi connectivity index (χ3v) is 9.81. The van der Waals surface area contributed by atoms with Crippen molar-refractivity contribution >= 4 is 35.8 Å². The molecule has 0 saturated carbocycles. The van der Waals surface area contributed by atoms with Crippen LogP contribution in [0, 0.1) is 0 Å². The van der Waals surface area contributed by atoms with Gasteiger partial charge in [0.2, 0.25) is 0 Å². The Morgan fingerprint density at radius 1 is 0.483 bits per heavy atom. The minimum Gasteiger partial charge on any atom is -0.463 e. The summed E-state index contributed by atoms with van der Waals surface area (Å²) in [5, 5.41) is 11.8. The Hall–Kier alpha value is -3.66. The van der Waals surface area contributed by atoms with Gasteiger partial charge in [-0.25, -0.2) is 0 Å². The standard InChI is InChI=1S/C36H50O24/c1-13(37)44-10-21-24(47-15(3)39)27(49-17(5)41)30-33(54-21)59-35(8,57-30)46-12-20-23(43)26(29-32(53-20)52-19(7)51-29)56-36(9)58-31-28(50-18(6)42)25(48-16(4)40)22(11-45-14(2)38)55-34(31)60-36/h19-34,43H,10-12H2,1-9H3/t19-,20+,21+,22-,23-,24+,25-,26-,27-,28+,29+,30+,31-,32+,33-,34+,35-,36-/m1/s1. The van der Waals surface area contributed by atoms with Crippen molar-refractivity contribution in [2.24, 2.45) is 0 Å². The number of hydrogen-bond donors (Lipinski definition) is 1. The summed E-state index contributed by atoms with van der Waals surface area (Å²) in [6.07, 6.45) is -19.9. The Morgan fingerprint density at radius 3 is 1.38 bits per heavy atom. The van der Waals surface area contributed by atoms with Crippen molar-refractivity contribution in [3.05, 3.63) is 0 Å². The molecule has 24 heteroatoms. The van der Waals surface area contributed by atoms with Gasteiger partial charge >= 0.3 is 35.8 Å². The second-order valence-electron chi connectivity index (χ2n) is 14.8. The molecule has 0 radical (unpaired) electrons. The molecular weight excluding hydrogens is 816 g/mol. The molecule has 0 unspecified atom stereocenters. The Labute approximate surface area is 342 Å². The maximum absolute atomic E-state index is 12.3. The van der Waals surface area contributed by atoms with Gasteiger partial charge in [-0.05, 0) is 6.92 Å². The Bertz CT molecular complexity index is 1630. The highest BCUT2D eigenvalue weighted by Crippen LogP contribution is 2.44. The fourth-order valence-electron chi connectivity index (χ4n) is 7.62. The van der Waals surface area contributed by atoms with E-state index in [1.807, 2.05) is 0 Å². The number of carbonyl (C=O) groups is 6. The van der Waals surface area contributed by atoms with E-state index in [0.29, 0.717) is 0 Å². The maximum Gasteiger partial charge on any atom is 0.303 e. The summed E-state index contributed by atoms with van der Waals surface area (Å²) in [7, 11) is 0. The van der Waals surface area contributed by atoms with E-state index in [0.717, 1.165) is 27.7 Å². The molecule has 0 aromatic carbocycles. The SMILES string of the molecule is CC(=O)OC[C@@H]1O[C@@H]2O[C@](C)(OC[C@@H]3O[C@@H]4O[C@H](C)O[C@H]4[C@H](O[C@@]4(C)O[C@@H]5O[C@H](COC(C)=O)[C@@H](OC(C)=O)[C@H](OC(C)=O)[C@H]5O4)[C@@H]3O)O[C@H]2[C@H](OC(C)=O)[C@H]1OC(C)=O. The predicted octanol–water partition coefficient (Wildman–Crippen LogP) is -1.28. The molecule has 1 N–H and O–H groups in total. The molecule has 0 bridgehead atoms. The van der Waals surface area contributed by atoms with Crippen LogP contribution in [0.15, 0.2) is 0 Å². The van der Waals surface area contributed by atoms with Crippen LogP contribution in [0.3, 0.4) is 0 Å². The lowest BCUT2D eigenvalue weighted by Crippen LogP contribution is -2.61. The summed E-state index contributed by atoms with van der Waals surface area (Å²) in [6, 6.07) is 0. The number of esters is 6. The van der Waals surface area contributed by atoms with Crippen molar-refractivity contribution < 1.29 is 114 Å². The molecule has 0 aromatic rings. The lowest BCUT2D eigenvalue weighted by atomic mass is 9.98. The van der Waals surface area contributed by atoms with Gasteiger partial charge in [0.15, 0.2) is 61.8 Å². The Morgan fingerprint density at radius 2 is 0.917 bits per heavy atom. The normalized spacial score (nSPS) is 43.1. The van der Waals surface area contributed by atoms with E-state index in [-0.39, 0.29) is 0 Å². The van der Waals surface area contributed by atoms with Crippen LogP contribution < -0.4 is 0 Å². The van der Waals surface area contributed by atoms with Gasteiger partial charge in [-0.3, -0.25) is 38.2 Å². The summed E-state index contributed by atoms with van der Waals surface area (Å²) in [5.41, 5.74) is 0. The summed E-state index contributed by atoms with van der Waals surface area (Å²) in [5.74, 6) is -8.36. The predicted molar refractivity (Wildman–Crippen MR) is 182 cm³/mol. The average Bonchev–Trinajstić information content (AvgIpc) is 3.79. The first-order valence-corrected chi connectivity index (χ1v) is 19.1. The number of fused-ring (bicyclic) bond motifs is 3. The molecule has 0 amide bonds. The molecule has 338 valence electrons. The number of rotatable bonds is 13. The maximum atomic E-state index is 12.3. The molecule has 0 aromatic heterocycles. The van der Waals surface area contributed by atoms with Crippen molar-refractivity contribution in [2.75, 3.05) is 19.8 Å². The van der Waals surface area contributed by atoms with Gasteiger partial charge in [0, 0.05) is 55.4 Å². The number of aliphatic hydroxyl groups excluding tert-OH is 1. The molecular formula is C36H50O24. The summed E-state index contributed by atoms with van der Waals surface area (Å²) in [4.78, 5) is 71.9. The first-order valence-electron chi connectivity index (χ1n) is 19.1. The highest BCUT2D eigenvalue weighted by atomic mass is 17.0. The summed E-state index contributed by atoms with van der Waals surface area (Å²) >= 11 is 0. The molecule has 6 heterocycles. The van der Waals surface area contributed by atoms with Gasteiger partial charge in [0.25, 0.3) is 11.9 Å². The third-order valence-electron chi connectivity index (χ3n) is 9.81. The van der Waals surface area contributed by atoms with Crippen molar-refractivity contribution in [2.45, 2.75) is 173 Å². The fourth-order valence-corrected chi connectivity index (χ4v) is 7.62. The minimum absolute atomic E-state index is 0.395. The quantitative estimate of drug-likeness (QED) is 0.167. The number of aliphatic hydroxyl groups is 1. The second-order valence-corrected chi connectivity index (χ2v) is 14.8. The molecule has 6 aliphatic heterocycles.